The van der Waals surface area contributed by atoms with Crippen molar-refractivity contribution in [3.05, 3.63) is 66.4 Å². The lowest BCUT2D eigenvalue weighted by Gasteiger charge is -2.11. The van der Waals surface area contributed by atoms with Crippen molar-refractivity contribution in [1.82, 2.24) is 4.98 Å². The average molecular weight is 380 g/mol. The van der Waals surface area contributed by atoms with Crippen LogP contribution in [0.25, 0.3) is 10.9 Å². The molecular weight excluding hydrogens is 360 g/mol. The Morgan fingerprint density at radius 3 is 2.36 bits per heavy atom. The Kier molecular flexibility index (Phi) is 6.06. The second-order valence-electron chi connectivity index (χ2n) is 6.20. The molecule has 3 aromatic rings. The first-order chi connectivity index (χ1) is 13.5. The number of amides is 1. The molecule has 2 aromatic carbocycles. The summed E-state index contributed by atoms with van der Waals surface area (Å²) in [5, 5.41) is 10.0. The average Bonchev–Trinajstić information content (AvgIpc) is 2.69. The van der Waals surface area contributed by atoms with Crippen LogP contribution in [-0.4, -0.2) is 35.2 Å². The van der Waals surface area contributed by atoms with Crippen molar-refractivity contribution in [2.75, 3.05) is 13.2 Å². The van der Waals surface area contributed by atoms with E-state index in [2.05, 4.69) is 4.98 Å². The van der Waals surface area contributed by atoms with Gasteiger partial charge in [0.25, 0.3) is 0 Å². The molecule has 1 unspecified atom stereocenters. The van der Waals surface area contributed by atoms with E-state index in [9.17, 15) is 9.59 Å². The van der Waals surface area contributed by atoms with Crippen LogP contribution in [0.15, 0.2) is 60.8 Å². The van der Waals surface area contributed by atoms with Crippen LogP contribution in [0.1, 0.15) is 5.56 Å². The van der Waals surface area contributed by atoms with Crippen LogP contribution in [0.2, 0.25) is 0 Å². The smallest absolute Gasteiger partial charge is 0.316 e. The maximum atomic E-state index is 11.2. The SMILES string of the molecule is NC(=O)C(Cc1ccc(OCCOc2ccc3ncccc3c2)cc1)C(=O)O. The van der Waals surface area contributed by atoms with Crippen molar-refractivity contribution in [2.24, 2.45) is 11.7 Å². The van der Waals surface area contributed by atoms with Gasteiger partial charge in [0, 0.05) is 11.6 Å². The highest BCUT2D eigenvalue weighted by Crippen LogP contribution is 2.19. The van der Waals surface area contributed by atoms with E-state index in [1.54, 1.807) is 30.5 Å². The summed E-state index contributed by atoms with van der Waals surface area (Å²) in [6, 6.07) is 16.4. The third-order valence-corrected chi connectivity index (χ3v) is 4.20. The molecule has 0 aliphatic heterocycles. The van der Waals surface area contributed by atoms with Crippen LogP contribution < -0.4 is 15.2 Å². The van der Waals surface area contributed by atoms with Crippen LogP contribution >= 0.6 is 0 Å². The summed E-state index contributed by atoms with van der Waals surface area (Å²) in [4.78, 5) is 26.5. The molecule has 0 aliphatic carbocycles. The highest BCUT2D eigenvalue weighted by atomic mass is 16.5. The lowest BCUT2D eigenvalue weighted by atomic mass is 9.99. The summed E-state index contributed by atoms with van der Waals surface area (Å²) < 4.78 is 11.3. The number of aromatic nitrogens is 1. The van der Waals surface area contributed by atoms with Crippen molar-refractivity contribution < 1.29 is 24.2 Å². The van der Waals surface area contributed by atoms with E-state index in [1.807, 2.05) is 30.3 Å². The second-order valence-corrected chi connectivity index (χ2v) is 6.20. The third kappa shape index (κ3) is 4.97. The van der Waals surface area contributed by atoms with Gasteiger partial charge in [-0.2, -0.15) is 0 Å². The maximum Gasteiger partial charge on any atom is 0.316 e. The molecule has 7 nitrogen and oxygen atoms in total. The number of carboxylic acids is 1. The number of benzene rings is 2. The molecule has 0 radical (unpaired) electrons. The number of primary amides is 1. The minimum atomic E-state index is -1.24. The molecule has 1 amide bonds. The lowest BCUT2D eigenvalue weighted by Crippen LogP contribution is -2.31. The van der Waals surface area contributed by atoms with Crippen LogP contribution in [0.4, 0.5) is 0 Å². The van der Waals surface area contributed by atoms with Crippen molar-refractivity contribution in [1.29, 1.82) is 0 Å². The van der Waals surface area contributed by atoms with E-state index in [4.69, 9.17) is 20.3 Å². The van der Waals surface area contributed by atoms with E-state index in [-0.39, 0.29) is 6.42 Å². The van der Waals surface area contributed by atoms with Crippen LogP contribution in [0.3, 0.4) is 0 Å². The number of fused-ring (bicyclic) bond motifs is 1. The molecule has 0 spiro atoms. The molecule has 0 aliphatic rings. The third-order valence-electron chi connectivity index (χ3n) is 4.20. The highest BCUT2D eigenvalue weighted by molar-refractivity contribution is 5.96. The molecular formula is C21H20N2O5. The first-order valence-electron chi connectivity index (χ1n) is 8.74. The summed E-state index contributed by atoms with van der Waals surface area (Å²) in [5.41, 5.74) is 6.72. The zero-order chi connectivity index (χ0) is 19.9. The first kappa shape index (κ1) is 19.2. The van der Waals surface area contributed by atoms with Gasteiger partial charge in [0.2, 0.25) is 5.91 Å². The Morgan fingerprint density at radius 2 is 1.68 bits per heavy atom. The van der Waals surface area contributed by atoms with Gasteiger partial charge >= 0.3 is 5.97 Å². The number of rotatable bonds is 9. The Morgan fingerprint density at radius 1 is 1.00 bits per heavy atom. The zero-order valence-corrected chi connectivity index (χ0v) is 15.1. The summed E-state index contributed by atoms with van der Waals surface area (Å²) in [6.45, 7) is 0.722. The Balaban J connectivity index is 1.48. The number of hydrogen-bond acceptors (Lipinski definition) is 5. The summed E-state index contributed by atoms with van der Waals surface area (Å²) in [5.74, 6) is -1.95. The van der Waals surface area contributed by atoms with E-state index in [0.29, 0.717) is 24.5 Å². The predicted octanol–water partition coefficient (Wildman–Crippen LogP) is 2.42. The van der Waals surface area contributed by atoms with E-state index < -0.39 is 17.8 Å². The summed E-state index contributed by atoms with van der Waals surface area (Å²) in [7, 11) is 0. The summed E-state index contributed by atoms with van der Waals surface area (Å²) in [6.07, 6.45) is 1.79. The summed E-state index contributed by atoms with van der Waals surface area (Å²) >= 11 is 0. The molecule has 0 bridgehead atoms. The van der Waals surface area contributed by atoms with Gasteiger partial charge in [-0.05, 0) is 48.4 Å². The molecule has 1 atom stereocenters. The van der Waals surface area contributed by atoms with E-state index >= 15 is 0 Å². The fourth-order valence-electron chi connectivity index (χ4n) is 2.73. The number of nitrogens with zero attached hydrogens (tertiary/aromatic N) is 1. The number of carboxylic acid groups (broad SMARTS) is 1. The van der Waals surface area contributed by atoms with Gasteiger partial charge in [0.1, 0.15) is 30.6 Å². The number of aliphatic carboxylic acids is 1. The Bertz CT molecular complexity index is 958. The molecule has 7 heteroatoms. The first-order valence-corrected chi connectivity index (χ1v) is 8.74. The van der Waals surface area contributed by atoms with Crippen molar-refractivity contribution in [3.8, 4) is 11.5 Å². The number of nitrogens with two attached hydrogens (primary N) is 1. The largest absolute Gasteiger partial charge is 0.490 e. The molecule has 0 saturated heterocycles. The van der Waals surface area contributed by atoms with Crippen LogP contribution in [-0.2, 0) is 16.0 Å². The van der Waals surface area contributed by atoms with Gasteiger partial charge in [-0.25, -0.2) is 0 Å². The monoisotopic (exact) mass is 380 g/mol. The van der Waals surface area contributed by atoms with Crippen LogP contribution in [0.5, 0.6) is 11.5 Å². The molecule has 0 fully saturated rings. The van der Waals surface area contributed by atoms with E-state index in [1.165, 1.54) is 0 Å². The minimum Gasteiger partial charge on any atom is -0.490 e. The standard InChI is InChI=1S/C21H20N2O5/c22-20(24)18(21(25)26)12-14-3-5-16(6-4-14)27-10-11-28-17-7-8-19-15(13-17)2-1-9-23-19/h1-9,13,18H,10-12H2,(H2,22,24)(H,25,26). The maximum absolute atomic E-state index is 11.2. The van der Waals surface area contributed by atoms with Crippen LogP contribution in [0, 0.1) is 5.92 Å². The van der Waals surface area contributed by atoms with Crippen molar-refractivity contribution in [2.45, 2.75) is 6.42 Å². The number of carbonyl (C=O) groups excluding carboxylic acids is 1. The molecule has 144 valence electrons. The number of ether oxygens (including phenoxy) is 2. The topological polar surface area (TPSA) is 112 Å². The molecule has 0 saturated carbocycles. The molecule has 3 rings (SSSR count). The van der Waals surface area contributed by atoms with Gasteiger partial charge in [-0.15, -0.1) is 0 Å². The zero-order valence-electron chi connectivity index (χ0n) is 15.1. The van der Waals surface area contributed by atoms with Gasteiger partial charge in [0.05, 0.1) is 5.52 Å². The number of hydrogen-bond donors (Lipinski definition) is 2. The molecule has 28 heavy (non-hydrogen) atoms. The fraction of sp³-hybridized carbons (Fsp3) is 0.190. The predicted molar refractivity (Wildman–Crippen MR) is 103 cm³/mol. The number of pyridine rings is 1. The van der Waals surface area contributed by atoms with Gasteiger partial charge < -0.3 is 20.3 Å². The Labute approximate surface area is 161 Å². The van der Waals surface area contributed by atoms with E-state index in [0.717, 1.165) is 16.7 Å². The normalized spacial score (nSPS) is 11.7. The van der Waals surface area contributed by atoms with Crippen molar-refractivity contribution in [3.63, 3.8) is 0 Å². The second kappa shape index (κ2) is 8.85. The van der Waals surface area contributed by atoms with Gasteiger partial charge in [-0.1, -0.05) is 18.2 Å². The molecule has 3 N–H and O–H groups in total. The number of carbonyl (C=O) groups is 2. The molecule has 1 aromatic heterocycles. The fourth-order valence-corrected chi connectivity index (χ4v) is 2.73. The Hall–Kier alpha value is -3.61. The minimum absolute atomic E-state index is 0.0465. The van der Waals surface area contributed by atoms with Gasteiger partial charge in [-0.3, -0.25) is 14.6 Å². The van der Waals surface area contributed by atoms with Gasteiger partial charge in [0.15, 0.2) is 0 Å². The quantitative estimate of drug-likeness (QED) is 0.436. The lowest BCUT2D eigenvalue weighted by molar-refractivity contribution is -0.145. The molecule has 1 heterocycles. The highest BCUT2D eigenvalue weighted by Gasteiger charge is 2.23. The van der Waals surface area contributed by atoms with Crippen molar-refractivity contribution >= 4 is 22.8 Å².